The molecular weight excluding hydrogens is 218 g/mol. The van der Waals surface area contributed by atoms with E-state index in [9.17, 15) is 15.2 Å². The Labute approximate surface area is 100 Å². The molecule has 2 unspecified atom stereocenters. The minimum absolute atomic E-state index is 0.128. The van der Waals surface area contributed by atoms with E-state index in [1.165, 1.54) is 6.07 Å². The highest BCUT2D eigenvalue weighted by atomic mass is 16.6. The third kappa shape index (κ3) is 1.82. The second-order valence-corrected chi connectivity index (χ2v) is 5.42. The summed E-state index contributed by atoms with van der Waals surface area (Å²) in [6.45, 7) is 5.97. The lowest BCUT2D eigenvalue weighted by Gasteiger charge is -2.50. The quantitative estimate of drug-likeness (QED) is 0.633. The van der Waals surface area contributed by atoms with Gasteiger partial charge < -0.3 is 5.11 Å². The van der Waals surface area contributed by atoms with Crippen molar-refractivity contribution in [1.29, 1.82) is 0 Å². The normalized spacial score (nSPS) is 26.4. The average molecular weight is 235 g/mol. The molecule has 0 aromatic heterocycles. The summed E-state index contributed by atoms with van der Waals surface area (Å²) in [4.78, 5) is 10.4. The highest BCUT2D eigenvalue weighted by Gasteiger charge is 2.48. The minimum Gasteiger partial charge on any atom is -0.393 e. The predicted molar refractivity (Wildman–Crippen MR) is 65.0 cm³/mol. The molecule has 1 N–H and O–H groups in total. The Morgan fingerprint density at radius 3 is 2.59 bits per heavy atom. The van der Waals surface area contributed by atoms with Gasteiger partial charge in [-0.1, -0.05) is 19.9 Å². The second-order valence-electron chi connectivity index (χ2n) is 5.42. The summed E-state index contributed by atoms with van der Waals surface area (Å²) < 4.78 is 0. The maximum atomic E-state index is 10.8. The summed E-state index contributed by atoms with van der Waals surface area (Å²) in [7, 11) is 0. The standard InChI is InChI=1S/C13H17NO3/c1-8-4-5-9(14(16)17)6-10(8)11-7-12(15)13(11,2)3/h4-6,11-12,15H,7H2,1-3H3. The molecule has 1 aliphatic carbocycles. The van der Waals surface area contributed by atoms with Crippen molar-refractivity contribution in [2.24, 2.45) is 5.41 Å². The zero-order valence-electron chi connectivity index (χ0n) is 10.3. The highest BCUT2D eigenvalue weighted by molar-refractivity contribution is 5.43. The molecule has 1 aliphatic rings. The number of benzene rings is 1. The van der Waals surface area contributed by atoms with Crippen LogP contribution in [0.25, 0.3) is 0 Å². The molecule has 17 heavy (non-hydrogen) atoms. The number of hydrogen-bond acceptors (Lipinski definition) is 3. The molecule has 0 amide bonds. The van der Waals surface area contributed by atoms with Gasteiger partial charge in [0.25, 0.3) is 5.69 Å². The van der Waals surface area contributed by atoms with Crippen molar-refractivity contribution in [3.8, 4) is 0 Å². The lowest BCUT2D eigenvalue weighted by molar-refractivity contribution is -0.385. The topological polar surface area (TPSA) is 63.4 Å². The van der Waals surface area contributed by atoms with Gasteiger partial charge in [-0.05, 0) is 35.8 Å². The van der Waals surface area contributed by atoms with Crippen LogP contribution in [-0.4, -0.2) is 16.1 Å². The lowest BCUT2D eigenvalue weighted by atomic mass is 9.57. The number of aliphatic hydroxyl groups excluding tert-OH is 1. The van der Waals surface area contributed by atoms with Gasteiger partial charge in [-0.2, -0.15) is 0 Å². The first-order valence-electron chi connectivity index (χ1n) is 5.77. The van der Waals surface area contributed by atoms with Crippen LogP contribution in [0.3, 0.4) is 0 Å². The SMILES string of the molecule is Cc1ccc([N+](=O)[O-])cc1C1CC(O)C1(C)C. The number of hydrogen-bond donors (Lipinski definition) is 1. The molecule has 1 saturated carbocycles. The van der Waals surface area contributed by atoms with E-state index in [1.807, 2.05) is 20.8 Å². The Kier molecular flexibility index (Phi) is 2.70. The van der Waals surface area contributed by atoms with Gasteiger partial charge in [0.2, 0.25) is 0 Å². The van der Waals surface area contributed by atoms with Crippen LogP contribution in [0.2, 0.25) is 0 Å². The first-order chi connectivity index (χ1) is 7.84. The van der Waals surface area contributed by atoms with Crippen LogP contribution in [0.15, 0.2) is 18.2 Å². The molecule has 0 aliphatic heterocycles. The van der Waals surface area contributed by atoms with Crippen LogP contribution in [0.5, 0.6) is 0 Å². The molecule has 0 bridgehead atoms. The molecule has 0 saturated heterocycles. The number of nitro groups is 1. The van der Waals surface area contributed by atoms with Gasteiger partial charge in [0.05, 0.1) is 11.0 Å². The summed E-state index contributed by atoms with van der Waals surface area (Å²) in [6, 6.07) is 4.96. The van der Waals surface area contributed by atoms with E-state index in [4.69, 9.17) is 0 Å². The molecule has 2 atom stereocenters. The number of aryl methyl sites for hydroxylation is 1. The van der Waals surface area contributed by atoms with Crippen LogP contribution in [0, 0.1) is 22.5 Å². The molecule has 0 spiro atoms. The summed E-state index contributed by atoms with van der Waals surface area (Å²) >= 11 is 0. The fourth-order valence-corrected chi connectivity index (χ4v) is 2.55. The van der Waals surface area contributed by atoms with Crippen LogP contribution >= 0.6 is 0 Å². The number of aliphatic hydroxyl groups is 1. The number of nitro benzene ring substituents is 1. The molecule has 4 heteroatoms. The van der Waals surface area contributed by atoms with Gasteiger partial charge in [0.15, 0.2) is 0 Å². The van der Waals surface area contributed by atoms with E-state index < -0.39 is 0 Å². The highest BCUT2D eigenvalue weighted by Crippen LogP contribution is 2.53. The van der Waals surface area contributed by atoms with Crippen molar-refractivity contribution in [2.45, 2.75) is 39.2 Å². The number of nitrogens with zero attached hydrogens (tertiary/aromatic N) is 1. The Bertz CT molecular complexity index is 468. The molecule has 92 valence electrons. The molecular formula is C13H17NO3. The fraction of sp³-hybridized carbons (Fsp3) is 0.538. The second kappa shape index (κ2) is 3.81. The van der Waals surface area contributed by atoms with Crippen molar-refractivity contribution >= 4 is 5.69 Å². The lowest BCUT2D eigenvalue weighted by Crippen LogP contribution is -2.47. The first-order valence-corrected chi connectivity index (χ1v) is 5.77. The van der Waals surface area contributed by atoms with E-state index in [-0.39, 0.29) is 28.0 Å². The molecule has 0 heterocycles. The zero-order chi connectivity index (χ0) is 12.8. The van der Waals surface area contributed by atoms with E-state index in [1.54, 1.807) is 12.1 Å². The molecule has 1 fully saturated rings. The molecule has 1 aromatic rings. The molecule has 1 aromatic carbocycles. The van der Waals surface area contributed by atoms with Crippen molar-refractivity contribution in [3.05, 3.63) is 39.4 Å². The Morgan fingerprint density at radius 2 is 2.12 bits per heavy atom. The minimum atomic E-state index is -0.370. The third-order valence-corrected chi connectivity index (χ3v) is 4.06. The Morgan fingerprint density at radius 1 is 1.47 bits per heavy atom. The van der Waals surface area contributed by atoms with Crippen molar-refractivity contribution < 1.29 is 10.0 Å². The van der Waals surface area contributed by atoms with Crippen LogP contribution < -0.4 is 0 Å². The van der Waals surface area contributed by atoms with E-state index in [2.05, 4.69) is 0 Å². The van der Waals surface area contributed by atoms with Crippen LogP contribution in [0.1, 0.15) is 37.3 Å². The van der Waals surface area contributed by atoms with Crippen LogP contribution in [0.4, 0.5) is 5.69 Å². The monoisotopic (exact) mass is 235 g/mol. The smallest absolute Gasteiger partial charge is 0.269 e. The molecule has 2 rings (SSSR count). The van der Waals surface area contributed by atoms with Crippen LogP contribution in [-0.2, 0) is 0 Å². The Balaban J connectivity index is 2.39. The molecule has 0 radical (unpaired) electrons. The van der Waals surface area contributed by atoms with Crippen molar-refractivity contribution in [2.75, 3.05) is 0 Å². The maximum Gasteiger partial charge on any atom is 0.269 e. The van der Waals surface area contributed by atoms with E-state index >= 15 is 0 Å². The summed E-state index contributed by atoms with van der Waals surface area (Å²) in [5, 5.41) is 20.5. The third-order valence-electron chi connectivity index (χ3n) is 4.06. The van der Waals surface area contributed by atoms with Gasteiger partial charge in [-0.25, -0.2) is 0 Å². The van der Waals surface area contributed by atoms with Gasteiger partial charge in [-0.15, -0.1) is 0 Å². The number of non-ortho nitro benzene ring substituents is 1. The largest absolute Gasteiger partial charge is 0.393 e. The van der Waals surface area contributed by atoms with Gasteiger partial charge in [-0.3, -0.25) is 10.1 Å². The fourth-order valence-electron chi connectivity index (χ4n) is 2.55. The van der Waals surface area contributed by atoms with Gasteiger partial charge >= 0.3 is 0 Å². The van der Waals surface area contributed by atoms with Crippen molar-refractivity contribution in [3.63, 3.8) is 0 Å². The van der Waals surface area contributed by atoms with E-state index in [0.29, 0.717) is 6.42 Å². The zero-order valence-corrected chi connectivity index (χ0v) is 10.3. The molecule has 4 nitrogen and oxygen atoms in total. The number of rotatable bonds is 2. The summed E-state index contributed by atoms with van der Waals surface area (Å²) in [5.74, 6) is 0.206. The summed E-state index contributed by atoms with van der Waals surface area (Å²) in [5.41, 5.74) is 1.98. The van der Waals surface area contributed by atoms with Gasteiger partial charge in [0.1, 0.15) is 0 Å². The van der Waals surface area contributed by atoms with Crippen molar-refractivity contribution in [1.82, 2.24) is 0 Å². The summed E-state index contributed by atoms with van der Waals surface area (Å²) in [6.07, 6.45) is 0.376. The maximum absolute atomic E-state index is 10.8. The predicted octanol–water partition coefficient (Wildman–Crippen LogP) is 2.78. The average Bonchev–Trinajstić information content (AvgIpc) is 2.26. The Hall–Kier alpha value is -1.42. The van der Waals surface area contributed by atoms with Gasteiger partial charge in [0, 0.05) is 12.1 Å². The first kappa shape index (κ1) is 12.0. The van der Waals surface area contributed by atoms with E-state index in [0.717, 1.165) is 11.1 Å².